The molecule has 0 bridgehead atoms. The van der Waals surface area contributed by atoms with E-state index in [-0.39, 0.29) is 6.04 Å². The largest absolute Gasteiger partial charge is 0.351 e. The summed E-state index contributed by atoms with van der Waals surface area (Å²) >= 11 is 1.77. The second-order valence-electron chi connectivity index (χ2n) is 4.74. The summed E-state index contributed by atoms with van der Waals surface area (Å²) in [5, 5.41) is 8.17. The van der Waals surface area contributed by atoms with E-state index < -0.39 is 6.03 Å². The van der Waals surface area contributed by atoms with Crippen LogP contribution in [0.3, 0.4) is 0 Å². The number of carbonyl (C=O) groups excluding carboxylic acids is 1. The Morgan fingerprint density at radius 3 is 2.55 bits per heavy atom. The third-order valence-corrected chi connectivity index (χ3v) is 4.24. The van der Waals surface area contributed by atoms with Crippen molar-refractivity contribution >= 4 is 23.1 Å². The van der Waals surface area contributed by atoms with Crippen LogP contribution in [0.2, 0.25) is 0 Å². The molecule has 1 aromatic carbocycles. The average molecular weight is 289 g/mol. The van der Waals surface area contributed by atoms with Gasteiger partial charge in [0.2, 0.25) is 0 Å². The van der Waals surface area contributed by atoms with Gasteiger partial charge >= 0.3 is 6.03 Å². The van der Waals surface area contributed by atoms with Gasteiger partial charge < -0.3 is 16.4 Å². The van der Waals surface area contributed by atoms with E-state index in [0.717, 1.165) is 6.54 Å². The maximum atomic E-state index is 10.8. The van der Waals surface area contributed by atoms with Crippen LogP contribution in [-0.4, -0.2) is 6.03 Å². The van der Waals surface area contributed by atoms with E-state index in [4.69, 9.17) is 5.73 Å². The molecule has 2 rings (SSSR count). The number of benzene rings is 1. The van der Waals surface area contributed by atoms with Crippen LogP contribution in [-0.2, 0) is 6.54 Å². The first kappa shape index (κ1) is 14.6. The molecule has 5 heteroatoms. The van der Waals surface area contributed by atoms with Crippen LogP contribution in [0.4, 0.5) is 10.5 Å². The van der Waals surface area contributed by atoms with Gasteiger partial charge in [0.05, 0.1) is 0 Å². The van der Waals surface area contributed by atoms with E-state index in [1.807, 2.05) is 24.3 Å². The zero-order valence-electron chi connectivity index (χ0n) is 11.6. The quantitative estimate of drug-likeness (QED) is 0.789. The van der Waals surface area contributed by atoms with Crippen molar-refractivity contribution in [3.63, 3.8) is 0 Å². The Morgan fingerprint density at radius 1 is 1.30 bits per heavy atom. The highest BCUT2D eigenvalue weighted by molar-refractivity contribution is 7.10. The molecule has 0 saturated carbocycles. The summed E-state index contributed by atoms with van der Waals surface area (Å²) in [5.41, 5.74) is 8.29. The van der Waals surface area contributed by atoms with Crippen molar-refractivity contribution in [3.05, 3.63) is 51.7 Å². The maximum Gasteiger partial charge on any atom is 0.316 e. The molecule has 0 aliphatic rings. The van der Waals surface area contributed by atoms with Gasteiger partial charge in [-0.15, -0.1) is 11.3 Å². The van der Waals surface area contributed by atoms with E-state index in [9.17, 15) is 4.79 Å². The molecule has 0 aliphatic heterocycles. The van der Waals surface area contributed by atoms with E-state index in [0.29, 0.717) is 5.69 Å². The highest BCUT2D eigenvalue weighted by atomic mass is 32.1. The molecule has 0 aliphatic carbocycles. The lowest BCUT2D eigenvalue weighted by Gasteiger charge is -2.14. The summed E-state index contributed by atoms with van der Waals surface area (Å²) in [6.07, 6.45) is 0. The Labute approximate surface area is 123 Å². The number of carbonyl (C=O) groups is 1. The zero-order chi connectivity index (χ0) is 14.5. The molecule has 2 aromatic rings. The van der Waals surface area contributed by atoms with Crippen LogP contribution in [0.5, 0.6) is 0 Å². The molecule has 1 unspecified atom stereocenters. The summed E-state index contributed by atoms with van der Waals surface area (Å²) in [4.78, 5) is 12.1. The third kappa shape index (κ3) is 3.82. The molecule has 106 valence electrons. The van der Waals surface area contributed by atoms with Gasteiger partial charge in [-0.25, -0.2) is 4.79 Å². The lowest BCUT2D eigenvalue weighted by Crippen LogP contribution is -2.20. The highest BCUT2D eigenvalue weighted by Crippen LogP contribution is 2.19. The second kappa shape index (κ2) is 6.54. The number of primary amides is 1. The molecule has 1 aromatic heterocycles. The minimum Gasteiger partial charge on any atom is -0.351 e. The van der Waals surface area contributed by atoms with Gasteiger partial charge in [-0.1, -0.05) is 12.1 Å². The van der Waals surface area contributed by atoms with Crippen molar-refractivity contribution in [2.75, 3.05) is 5.32 Å². The number of hydrogen-bond donors (Lipinski definition) is 3. The summed E-state index contributed by atoms with van der Waals surface area (Å²) in [6.45, 7) is 5.12. The van der Waals surface area contributed by atoms with Crippen LogP contribution in [0, 0.1) is 6.92 Å². The summed E-state index contributed by atoms with van der Waals surface area (Å²) in [5.74, 6) is 0. The molecule has 4 N–H and O–H groups in total. The minimum atomic E-state index is -0.544. The number of hydrogen-bond acceptors (Lipinski definition) is 3. The molecule has 0 saturated heterocycles. The third-order valence-electron chi connectivity index (χ3n) is 3.22. The number of rotatable bonds is 5. The Hall–Kier alpha value is -1.85. The number of aryl methyl sites for hydroxylation is 1. The van der Waals surface area contributed by atoms with Crippen LogP contribution in [0.15, 0.2) is 35.7 Å². The van der Waals surface area contributed by atoms with E-state index in [1.165, 1.54) is 16.0 Å². The first-order valence-electron chi connectivity index (χ1n) is 6.49. The number of nitrogens with two attached hydrogens (primary N) is 1. The summed E-state index contributed by atoms with van der Waals surface area (Å²) < 4.78 is 0. The number of urea groups is 1. The molecule has 1 heterocycles. The van der Waals surface area contributed by atoms with E-state index >= 15 is 0 Å². The number of amides is 2. The van der Waals surface area contributed by atoms with Crippen molar-refractivity contribution in [1.82, 2.24) is 5.32 Å². The lowest BCUT2D eigenvalue weighted by molar-refractivity contribution is 0.259. The Balaban J connectivity index is 1.93. The SMILES string of the molecule is Cc1ccsc1CNC(C)c1ccc(NC(N)=O)cc1. The molecule has 1 atom stereocenters. The molecule has 0 fully saturated rings. The predicted molar refractivity (Wildman–Crippen MR) is 84.0 cm³/mol. The number of nitrogens with one attached hydrogen (secondary N) is 2. The topological polar surface area (TPSA) is 67.2 Å². The molecule has 20 heavy (non-hydrogen) atoms. The van der Waals surface area contributed by atoms with Crippen molar-refractivity contribution in [2.45, 2.75) is 26.4 Å². The fourth-order valence-corrected chi connectivity index (χ4v) is 2.80. The Bertz CT molecular complexity index is 577. The van der Waals surface area contributed by atoms with Crippen LogP contribution in [0.25, 0.3) is 0 Å². The molecule has 4 nitrogen and oxygen atoms in total. The molecular weight excluding hydrogens is 270 g/mol. The van der Waals surface area contributed by atoms with Crippen molar-refractivity contribution < 1.29 is 4.79 Å². The highest BCUT2D eigenvalue weighted by Gasteiger charge is 2.07. The number of thiophene rings is 1. The first-order valence-corrected chi connectivity index (χ1v) is 7.37. The average Bonchev–Trinajstić information content (AvgIpc) is 2.82. The first-order chi connectivity index (χ1) is 9.56. The van der Waals surface area contributed by atoms with Gasteiger partial charge in [-0.05, 0) is 48.6 Å². The van der Waals surface area contributed by atoms with E-state index in [1.54, 1.807) is 11.3 Å². The molecule has 0 radical (unpaired) electrons. The molecule has 2 amide bonds. The monoisotopic (exact) mass is 289 g/mol. The zero-order valence-corrected chi connectivity index (χ0v) is 12.5. The number of anilines is 1. The minimum absolute atomic E-state index is 0.249. The fraction of sp³-hybridized carbons (Fsp3) is 0.267. The predicted octanol–water partition coefficient (Wildman–Crippen LogP) is 3.40. The van der Waals surface area contributed by atoms with Gasteiger partial charge in [-0.2, -0.15) is 0 Å². The normalized spacial score (nSPS) is 12.1. The van der Waals surface area contributed by atoms with Crippen molar-refractivity contribution in [3.8, 4) is 0 Å². The summed E-state index contributed by atoms with van der Waals surface area (Å²) in [7, 11) is 0. The van der Waals surface area contributed by atoms with Crippen molar-refractivity contribution in [1.29, 1.82) is 0 Å². The van der Waals surface area contributed by atoms with Gasteiger partial charge in [0.15, 0.2) is 0 Å². The summed E-state index contributed by atoms with van der Waals surface area (Å²) in [6, 6.07) is 9.53. The standard InChI is InChI=1S/C15H19N3OS/c1-10-7-8-20-14(10)9-17-11(2)12-3-5-13(6-4-12)18-15(16)19/h3-8,11,17H,9H2,1-2H3,(H3,16,18,19). The lowest BCUT2D eigenvalue weighted by atomic mass is 10.1. The molecule has 0 spiro atoms. The van der Waals surface area contributed by atoms with E-state index in [2.05, 4.69) is 35.9 Å². The second-order valence-corrected chi connectivity index (χ2v) is 5.74. The maximum absolute atomic E-state index is 10.8. The van der Waals surface area contributed by atoms with Gasteiger partial charge in [0.25, 0.3) is 0 Å². The smallest absolute Gasteiger partial charge is 0.316 e. The van der Waals surface area contributed by atoms with Crippen LogP contribution >= 0.6 is 11.3 Å². The van der Waals surface area contributed by atoms with Gasteiger partial charge in [-0.3, -0.25) is 0 Å². The van der Waals surface area contributed by atoms with Gasteiger partial charge in [0.1, 0.15) is 0 Å². The van der Waals surface area contributed by atoms with Crippen LogP contribution in [0.1, 0.15) is 29.0 Å². The van der Waals surface area contributed by atoms with Crippen LogP contribution < -0.4 is 16.4 Å². The molecular formula is C15H19N3OS. The fourth-order valence-electron chi connectivity index (χ4n) is 1.95. The van der Waals surface area contributed by atoms with Crippen molar-refractivity contribution in [2.24, 2.45) is 5.73 Å². The Kier molecular flexibility index (Phi) is 4.76. The van der Waals surface area contributed by atoms with Gasteiger partial charge in [0, 0.05) is 23.2 Å². The Morgan fingerprint density at radius 2 is 2.00 bits per heavy atom.